The lowest BCUT2D eigenvalue weighted by Gasteiger charge is -2.41. The Morgan fingerprint density at radius 2 is 1.98 bits per heavy atom. The molecule has 1 aliphatic rings. The Labute approximate surface area is 246 Å². The molecule has 2 heterocycles. The van der Waals surface area contributed by atoms with Crippen molar-refractivity contribution in [2.24, 2.45) is 5.41 Å². The van der Waals surface area contributed by atoms with Gasteiger partial charge in [0.15, 0.2) is 0 Å². The summed E-state index contributed by atoms with van der Waals surface area (Å²) in [6.45, 7) is 2.25. The molecular formula is C30H34ClF3N2O4S. The van der Waals surface area contributed by atoms with Crippen LogP contribution in [0.25, 0.3) is 10.9 Å². The summed E-state index contributed by atoms with van der Waals surface area (Å²) in [4.78, 5) is 19.0. The summed E-state index contributed by atoms with van der Waals surface area (Å²) < 4.78 is 44.2. The van der Waals surface area contributed by atoms with Gasteiger partial charge in [0.2, 0.25) is 0 Å². The monoisotopic (exact) mass is 610 g/mol. The first-order valence-electron chi connectivity index (χ1n) is 13.5. The lowest BCUT2D eigenvalue weighted by atomic mass is 9.71. The van der Waals surface area contributed by atoms with Crippen molar-refractivity contribution in [1.82, 2.24) is 9.88 Å². The normalized spacial score (nSPS) is 16.5. The Morgan fingerprint density at radius 1 is 1.22 bits per heavy atom. The molecule has 1 fully saturated rings. The summed E-state index contributed by atoms with van der Waals surface area (Å²) in [5, 5.41) is 22.0. The molecule has 0 radical (unpaired) electrons. The number of hydrogen-bond acceptors (Lipinski definition) is 6. The van der Waals surface area contributed by atoms with Gasteiger partial charge in [-0.25, -0.2) is 0 Å². The number of thioether (sulfide) groups is 1. The molecule has 11 heteroatoms. The molecule has 2 aromatic carbocycles. The van der Waals surface area contributed by atoms with Crippen LogP contribution in [-0.2, 0) is 11.0 Å². The van der Waals surface area contributed by atoms with Crippen molar-refractivity contribution in [3.05, 3.63) is 64.8 Å². The Bertz CT molecular complexity index is 1350. The summed E-state index contributed by atoms with van der Waals surface area (Å²) in [5.74, 6) is 0.455. The van der Waals surface area contributed by atoms with E-state index in [1.54, 1.807) is 31.4 Å². The predicted octanol–water partition coefficient (Wildman–Crippen LogP) is 7.47. The first kappa shape index (κ1) is 31.4. The van der Waals surface area contributed by atoms with Gasteiger partial charge in [-0.2, -0.15) is 13.2 Å². The first-order valence-corrected chi connectivity index (χ1v) is 14.9. The van der Waals surface area contributed by atoms with Crippen LogP contribution in [0, 0.1) is 5.41 Å². The van der Waals surface area contributed by atoms with Gasteiger partial charge >= 0.3 is 12.1 Å². The number of carboxylic acids is 1. The summed E-state index contributed by atoms with van der Waals surface area (Å²) in [7, 11) is 1.56. The van der Waals surface area contributed by atoms with Crippen molar-refractivity contribution in [2.75, 3.05) is 32.5 Å². The standard InChI is InChI=1S/C30H34ClF3N2O4S/c1-40-21-6-7-25-23(17-21)28(24(31)19-35-25)26(37)8-9-29(18-27(38)39)10-13-36(14-11-29)12-3-15-41-22-5-2-4-20(16-22)30(32,33)34/h2,4-7,16-17,19,26,37H,3,8-15,18H2,1H3,(H,38,39)/t26-/m0/s1. The lowest BCUT2D eigenvalue weighted by molar-refractivity contribution is -0.141. The number of pyridine rings is 1. The fourth-order valence-electron chi connectivity index (χ4n) is 5.55. The van der Waals surface area contributed by atoms with Gasteiger partial charge in [0.25, 0.3) is 0 Å². The summed E-state index contributed by atoms with van der Waals surface area (Å²) >= 11 is 7.87. The average molecular weight is 611 g/mol. The molecule has 1 atom stereocenters. The first-order chi connectivity index (χ1) is 19.5. The minimum absolute atomic E-state index is 0.0254. The van der Waals surface area contributed by atoms with Crippen LogP contribution in [0.5, 0.6) is 5.75 Å². The maximum Gasteiger partial charge on any atom is 0.416 e. The van der Waals surface area contributed by atoms with E-state index in [-0.39, 0.29) is 6.42 Å². The van der Waals surface area contributed by atoms with Gasteiger partial charge < -0.3 is 19.8 Å². The summed E-state index contributed by atoms with van der Waals surface area (Å²) in [6.07, 6.45) is -0.630. The SMILES string of the molecule is COc1ccc2ncc(Cl)c([C@@H](O)CCC3(CC(=O)O)CCN(CCCSc4cccc(C(F)(F)F)c4)CC3)c2c1. The number of methoxy groups -OCH3 is 1. The van der Waals surface area contributed by atoms with E-state index in [1.165, 1.54) is 30.1 Å². The number of aliphatic hydroxyl groups excluding tert-OH is 1. The number of likely N-dealkylation sites (tertiary alicyclic amines) is 1. The fourth-order valence-corrected chi connectivity index (χ4v) is 6.72. The Morgan fingerprint density at radius 3 is 2.66 bits per heavy atom. The van der Waals surface area contributed by atoms with E-state index in [1.807, 2.05) is 0 Å². The second kappa shape index (κ2) is 13.6. The number of hydrogen-bond donors (Lipinski definition) is 2. The molecule has 1 saturated heterocycles. The van der Waals surface area contributed by atoms with Crippen molar-refractivity contribution in [3.63, 3.8) is 0 Å². The maximum absolute atomic E-state index is 13.0. The number of halogens is 4. The Kier molecular flexibility index (Phi) is 10.4. The number of carboxylic acid groups (broad SMARTS) is 1. The second-order valence-electron chi connectivity index (χ2n) is 10.6. The van der Waals surface area contributed by atoms with Gasteiger partial charge in [-0.15, -0.1) is 11.8 Å². The molecule has 0 spiro atoms. The van der Waals surface area contributed by atoms with E-state index in [0.717, 1.165) is 32.1 Å². The molecule has 1 aromatic heterocycles. The van der Waals surface area contributed by atoms with Crippen LogP contribution in [-0.4, -0.2) is 58.6 Å². The molecule has 0 bridgehead atoms. The second-order valence-corrected chi connectivity index (χ2v) is 12.2. The quantitative estimate of drug-likeness (QED) is 0.163. The number of fused-ring (bicyclic) bond motifs is 1. The molecule has 222 valence electrons. The number of nitrogens with zero attached hydrogens (tertiary/aromatic N) is 2. The molecule has 0 saturated carbocycles. The van der Waals surface area contributed by atoms with Crippen LogP contribution in [0.1, 0.15) is 55.8 Å². The number of ether oxygens (including phenoxy) is 1. The van der Waals surface area contributed by atoms with Crippen molar-refractivity contribution < 1.29 is 32.9 Å². The van der Waals surface area contributed by atoms with E-state index in [9.17, 15) is 28.2 Å². The molecule has 41 heavy (non-hydrogen) atoms. The molecule has 1 aliphatic heterocycles. The van der Waals surface area contributed by atoms with Gasteiger partial charge in [-0.1, -0.05) is 17.7 Å². The van der Waals surface area contributed by atoms with Gasteiger partial charge in [-0.3, -0.25) is 9.78 Å². The molecule has 0 aliphatic carbocycles. The molecule has 3 aromatic rings. The fraction of sp³-hybridized carbons (Fsp3) is 0.467. The predicted molar refractivity (Wildman–Crippen MR) is 155 cm³/mol. The number of carbonyl (C=O) groups is 1. The van der Waals surface area contributed by atoms with Crippen molar-refractivity contribution in [3.8, 4) is 5.75 Å². The maximum atomic E-state index is 13.0. The Balaban J connectivity index is 1.32. The highest BCUT2D eigenvalue weighted by atomic mass is 35.5. The van der Waals surface area contributed by atoms with Gasteiger partial charge in [0.1, 0.15) is 5.75 Å². The number of alkyl halides is 3. The van der Waals surface area contributed by atoms with Gasteiger partial charge in [0.05, 0.1) is 35.7 Å². The number of aliphatic hydroxyl groups is 1. The van der Waals surface area contributed by atoms with E-state index in [0.29, 0.717) is 63.6 Å². The molecule has 6 nitrogen and oxygen atoms in total. The van der Waals surface area contributed by atoms with Crippen LogP contribution in [0.4, 0.5) is 13.2 Å². The van der Waals surface area contributed by atoms with E-state index in [2.05, 4.69) is 9.88 Å². The van der Waals surface area contributed by atoms with Crippen LogP contribution in [0.15, 0.2) is 53.6 Å². The number of piperidine rings is 1. The van der Waals surface area contributed by atoms with Crippen LogP contribution in [0.2, 0.25) is 5.02 Å². The minimum Gasteiger partial charge on any atom is -0.497 e. The number of aliphatic carboxylic acids is 1. The zero-order valence-electron chi connectivity index (χ0n) is 22.8. The number of benzene rings is 2. The third kappa shape index (κ3) is 8.28. The highest BCUT2D eigenvalue weighted by molar-refractivity contribution is 7.99. The van der Waals surface area contributed by atoms with E-state index < -0.39 is 29.2 Å². The third-order valence-electron chi connectivity index (χ3n) is 7.84. The summed E-state index contributed by atoms with van der Waals surface area (Å²) in [5.41, 5.74) is 0.168. The van der Waals surface area contributed by atoms with Crippen LogP contribution in [0.3, 0.4) is 0 Å². The van der Waals surface area contributed by atoms with Crippen molar-refractivity contribution >= 4 is 40.2 Å². The van der Waals surface area contributed by atoms with Gasteiger partial charge in [-0.05, 0) is 99.3 Å². The lowest BCUT2D eigenvalue weighted by Crippen LogP contribution is -2.41. The molecule has 4 rings (SSSR count). The zero-order chi connectivity index (χ0) is 29.6. The van der Waals surface area contributed by atoms with Crippen molar-refractivity contribution in [1.29, 1.82) is 0 Å². The number of rotatable bonds is 12. The number of aromatic nitrogens is 1. The van der Waals surface area contributed by atoms with E-state index >= 15 is 0 Å². The minimum atomic E-state index is -4.35. The highest BCUT2D eigenvalue weighted by Crippen LogP contribution is 2.43. The topological polar surface area (TPSA) is 82.9 Å². The highest BCUT2D eigenvalue weighted by Gasteiger charge is 2.37. The average Bonchev–Trinajstić information content (AvgIpc) is 2.94. The largest absolute Gasteiger partial charge is 0.497 e. The van der Waals surface area contributed by atoms with E-state index in [4.69, 9.17) is 16.3 Å². The third-order valence-corrected chi connectivity index (χ3v) is 9.22. The van der Waals surface area contributed by atoms with Gasteiger partial charge in [0, 0.05) is 22.0 Å². The van der Waals surface area contributed by atoms with Crippen LogP contribution >= 0.6 is 23.4 Å². The molecule has 0 amide bonds. The van der Waals surface area contributed by atoms with Crippen molar-refractivity contribution in [2.45, 2.75) is 55.7 Å². The smallest absolute Gasteiger partial charge is 0.416 e. The zero-order valence-corrected chi connectivity index (χ0v) is 24.4. The Hall–Kier alpha value is -2.53. The van der Waals surface area contributed by atoms with Crippen LogP contribution < -0.4 is 4.74 Å². The summed E-state index contributed by atoms with van der Waals surface area (Å²) in [6, 6.07) is 10.8. The molecule has 0 unspecified atom stereocenters. The molecule has 2 N–H and O–H groups in total. The molecular weight excluding hydrogens is 577 g/mol.